The van der Waals surface area contributed by atoms with Gasteiger partial charge in [0.15, 0.2) is 5.16 Å². The smallest absolute Gasteiger partial charge is 0.324 e. The first kappa shape index (κ1) is 22.2. The number of carbonyl (C=O) groups excluding carboxylic acids is 2. The first-order valence-electron chi connectivity index (χ1n) is 8.84. The zero-order valence-corrected chi connectivity index (χ0v) is 17.1. The Balaban J connectivity index is 1.93. The van der Waals surface area contributed by atoms with Crippen molar-refractivity contribution in [3.05, 3.63) is 44.7 Å². The Hall–Kier alpha value is -2.53. The largest absolute Gasteiger partial charge is 0.416 e. The van der Waals surface area contributed by atoms with Gasteiger partial charge in [0.1, 0.15) is 5.82 Å². The van der Waals surface area contributed by atoms with Crippen LogP contribution in [0.4, 0.5) is 24.7 Å². The molecule has 0 saturated heterocycles. The molecule has 1 aromatic carbocycles. The van der Waals surface area contributed by atoms with Crippen LogP contribution in [-0.2, 0) is 15.8 Å². The molecule has 2 aromatic rings. The molecule has 3 N–H and O–H groups in total. The van der Waals surface area contributed by atoms with Gasteiger partial charge in [-0.05, 0) is 24.6 Å². The second-order valence-electron chi connectivity index (χ2n) is 6.47. The number of carbonyl (C=O) groups is 2. The highest BCUT2D eigenvalue weighted by Gasteiger charge is 2.36. The number of aromatic amines is 1. The normalized spacial score (nSPS) is 16.0. The maximum atomic E-state index is 13.0. The fraction of sp³-hybridized carbons (Fsp3) is 0.333. The van der Waals surface area contributed by atoms with Crippen molar-refractivity contribution >= 4 is 46.7 Å². The van der Waals surface area contributed by atoms with Crippen molar-refractivity contribution in [1.29, 1.82) is 0 Å². The third-order valence-electron chi connectivity index (χ3n) is 4.24. The second kappa shape index (κ2) is 8.68. The second-order valence-corrected chi connectivity index (χ2v) is 7.96. The van der Waals surface area contributed by atoms with Crippen molar-refractivity contribution in [2.24, 2.45) is 0 Å². The van der Waals surface area contributed by atoms with E-state index in [1.807, 2.05) is 6.92 Å². The molecule has 0 saturated carbocycles. The lowest BCUT2D eigenvalue weighted by atomic mass is 9.92. The zero-order chi connectivity index (χ0) is 22.1. The topological polar surface area (TPSA) is 104 Å². The number of aromatic nitrogens is 2. The predicted molar refractivity (Wildman–Crippen MR) is 107 cm³/mol. The van der Waals surface area contributed by atoms with Crippen molar-refractivity contribution < 1.29 is 22.8 Å². The number of anilines is 2. The average molecular weight is 461 g/mol. The third-order valence-corrected chi connectivity index (χ3v) is 5.65. The standard InChI is InChI=1S/C18H16ClF3N4O3S/c1-2-5-30-17-25-14-13(16(29)26-17)9(7-12(27)24-14)15(28)23-11-6-8(18(20,21)22)3-4-10(11)19/h3-4,6,9H,2,5,7H2,1H3,(H,23,28)(H2,24,25,26,27,29)/t9-/m0/s1. The van der Waals surface area contributed by atoms with Crippen molar-refractivity contribution in [1.82, 2.24) is 9.97 Å². The van der Waals surface area contributed by atoms with E-state index in [0.717, 1.165) is 18.6 Å². The van der Waals surface area contributed by atoms with Gasteiger partial charge in [0.2, 0.25) is 11.8 Å². The monoisotopic (exact) mass is 460 g/mol. The number of hydrogen-bond donors (Lipinski definition) is 3. The molecule has 2 amide bonds. The van der Waals surface area contributed by atoms with Gasteiger partial charge in [0, 0.05) is 12.2 Å². The van der Waals surface area contributed by atoms with Crippen LogP contribution in [0.2, 0.25) is 5.02 Å². The van der Waals surface area contributed by atoms with Crippen LogP contribution < -0.4 is 16.2 Å². The van der Waals surface area contributed by atoms with E-state index < -0.39 is 35.0 Å². The number of alkyl halides is 3. The number of halogens is 4. The SMILES string of the molecule is CCCSc1nc2c(c(=O)[nH]1)[C@@H](C(=O)Nc1cc(C(F)(F)F)ccc1Cl)CC(=O)N2. The number of nitrogens with one attached hydrogen (secondary N) is 3. The number of hydrogen-bond acceptors (Lipinski definition) is 5. The molecule has 12 heteroatoms. The number of H-pyrrole nitrogens is 1. The highest BCUT2D eigenvalue weighted by atomic mass is 35.5. The summed E-state index contributed by atoms with van der Waals surface area (Å²) in [6, 6.07) is 2.48. The van der Waals surface area contributed by atoms with Gasteiger partial charge in [-0.3, -0.25) is 14.4 Å². The molecule has 0 fully saturated rings. The van der Waals surface area contributed by atoms with Crippen molar-refractivity contribution in [3.8, 4) is 0 Å². The quantitative estimate of drug-likeness (QED) is 0.462. The molecule has 2 heterocycles. The van der Waals surface area contributed by atoms with Crippen LogP contribution in [0.1, 0.15) is 36.8 Å². The van der Waals surface area contributed by atoms with Crippen LogP contribution in [0.25, 0.3) is 0 Å². The maximum Gasteiger partial charge on any atom is 0.416 e. The molecule has 0 aliphatic carbocycles. The summed E-state index contributed by atoms with van der Waals surface area (Å²) in [5.41, 5.74) is -1.94. The van der Waals surface area contributed by atoms with E-state index >= 15 is 0 Å². The van der Waals surface area contributed by atoms with Crippen LogP contribution in [0, 0.1) is 0 Å². The minimum absolute atomic E-state index is 0.0381. The number of amides is 2. The van der Waals surface area contributed by atoms with E-state index in [2.05, 4.69) is 20.6 Å². The Bertz CT molecular complexity index is 1060. The lowest BCUT2D eigenvalue weighted by Gasteiger charge is -2.23. The minimum Gasteiger partial charge on any atom is -0.324 e. The number of thioether (sulfide) groups is 1. The third kappa shape index (κ3) is 4.78. The Morgan fingerprint density at radius 2 is 2.10 bits per heavy atom. The lowest BCUT2D eigenvalue weighted by molar-refractivity contribution is -0.137. The number of nitrogens with zero attached hydrogens (tertiary/aromatic N) is 1. The fourth-order valence-corrected chi connectivity index (χ4v) is 3.74. The van der Waals surface area contributed by atoms with Gasteiger partial charge >= 0.3 is 6.18 Å². The van der Waals surface area contributed by atoms with Crippen LogP contribution in [0.15, 0.2) is 28.2 Å². The van der Waals surface area contributed by atoms with E-state index in [4.69, 9.17) is 11.6 Å². The minimum atomic E-state index is -4.63. The van der Waals surface area contributed by atoms with Crippen molar-refractivity contribution in [3.63, 3.8) is 0 Å². The molecule has 30 heavy (non-hydrogen) atoms. The molecule has 0 radical (unpaired) electrons. The summed E-state index contributed by atoms with van der Waals surface area (Å²) in [6.07, 6.45) is -4.16. The molecule has 3 rings (SSSR count). The van der Waals surface area contributed by atoms with Gasteiger partial charge in [-0.15, -0.1) is 0 Å². The van der Waals surface area contributed by atoms with Crippen LogP contribution in [0.3, 0.4) is 0 Å². The predicted octanol–water partition coefficient (Wildman–Crippen LogP) is 4.01. The Morgan fingerprint density at radius 1 is 1.37 bits per heavy atom. The first-order chi connectivity index (χ1) is 14.1. The van der Waals surface area contributed by atoms with Gasteiger partial charge in [-0.2, -0.15) is 13.2 Å². The Morgan fingerprint density at radius 3 is 2.77 bits per heavy atom. The van der Waals surface area contributed by atoms with Crippen molar-refractivity contribution in [2.45, 2.75) is 37.0 Å². The molecular formula is C18H16ClF3N4O3S. The lowest BCUT2D eigenvalue weighted by Crippen LogP contribution is -2.36. The Labute approximate surface area is 177 Å². The van der Waals surface area contributed by atoms with Crippen LogP contribution in [-0.4, -0.2) is 27.5 Å². The molecule has 160 valence electrons. The van der Waals surface area contributed by atoms with Crippen molar-refractivity contribution in [2.75, 3.05) is 16.4 Å². The van der Waals surface area contributed by atoms with E-state index in [1.165, 1.54) is 11.8 Å². The van der Waals surface area contributed by atoms with Gasteiger partial charge in [0.25, 0.3) is 5.56 Å². The summed E-state index contributed by atoms with van der Waals surface area (Å²) in [7, 11) is 0. The van der Waals surface area contributed by atoms with E-state index in [9.17, 15) is 27.6 Å². The Kier molecular flexibility index (Phi) is 6.41. The number of benzene rings is 1. The zero-order valence-electron chi connectivity index (χ0n) is 15.5. The van der Waals surface area contributed by atoms with E-state index in [1.54, 1.807) is 0 Å². The summed E-state index contributed by atoms with van der Waals surface area (Å²) < 4.78 is 38.9. The highest BCUT2D eigenvalue weighted by molar-refractivity contribution is 7.99. The van der Waals surface area contributed by atoms with Gasteiger partial charge in [0.05, 0.1) is 27.8 Å². The molecule has 0 spiro atoms. The molecular weight excluding hydrogens is 445 g/mol. The summed E-state index contributed by atoms with van der Waals surface area (Å²) in [5, 5.41) is 4.94. The maximum absolute atomic E-state index is 13.0. The van der Waals surface area contributed by atoms with E-state index in [-0.39, 0.29) is 28.5 Å². The highest BCUT2D eigenvalue weighted by Crippen LogP contribution is 2.35. The summed E-state index contributed by atoms with van der Waals surface area (Å²) >= 11 is 7.20. The molecule has 1 aliphatic heterocycles. The van der Waals surface area contributed by atoms with Gasteiger partial charge < -0.3 is 15.6 Å². The number of fused-ring (bicyclic) bond motifs is 1. The molecule has 1 aliphatic rings. The fourth-order valence-electron chi connectivity index (χ4n) is 2.86. The van der Waals surface area contributed by atoms with Crippen LogP contribution in [0.5, 0.6) is 0 Å². The molecule has 1 aromatic heterocycles. The molecule has 0 unspecified atom stereocenters. The summed E-state index contributed by atoms with van der Waals surface area (Å²) in [4.78, 5) is 44.1. The molecule has 1 atom stereocenters. The summed E-state index contributed by atoms with van der Waals surface area (Å²) in [5.74, 6) is -1.96. The molecule has 7 nitrogen and oxygen atoms in total. The summed E-state index contributed by atoms with van der Waals surface area (Å²) in [6.45, 7) is 1.95. The molecule has 0 bridgehead atoms. The van der Waals surface area contributed by atoms with Crippen LogP contribution >= 0.6 is 23.4 Å². The number of rotatable bonds is 5. The van der Waals surface area contributed by atoms with E-state index in [0.29, 0.717) is 17.0 Å². The average Bonchev–Trinajstić information content (AvgIpc) is 2.66. The van der Waals surface area contributed by atoms with Gasteiger partial charge in [-0.25, -0.2) is 4.98 Å². The first-order valence-corrected chi connectivity index (χ1v) is 10.2. The van der Waals surface area contributed by atoms with Gasteiger partial charge in [-0.1, -0.05) is 30.3 Å².